The molecule has 1 aliphatic rings. The van der Waals surface area contributed by atoms with Crippen LogP contribution in [-0.2, 0) is 13.5 Å². The zero-order valence-corrected chi connectivity index (χ0v) is 18.2. The van der Waals surface area contributed by atoms with Gasteiger partial charge >= 0.3 is 0 Å². The SMILES string of the molecule is CC(C)c1c(C#N)ccc2c1CCC[C@H]2Nc1ccc(C=N)c(Nc2cnn(C)c2)c1. The number of nitrogens with zero attached hydrogens (tertiary/aromatic N) is 3. The van der Waals surface area contributed by atoms with Crippen molar-refractivity contribution in [2.75, 3.05) is 10.6 Å². The maximum Gasteiger partial charge on any atom is 0.0994 e. The first-order valence-corrected chi connectivity index (χ1v) is 10.7. The molecular formula is C25H28N6. The number of rotatable bonds is 6. The molecule has 0 amide bonds. The van der Waals surface area contributed by atoms with E-state index in [4.69, 9.17) is 5.41 Å². The average molecular weight is 413 g/mol. The minimum Gasteiger partial charge on any atom is -0.378 e. The second-order valence-electron chi connectivity index (χ2n) is 8.42. The molecule has 1 aromatic heterocycles. The van der Waals surface area contributed by atoms with E-state index in [0.29, 0.717) is 5.92 Å². The Bertz CT molecular complexity index is 1150. The largest absolute Gasteiger partial charge is 0.378 e. The molecule has 0 saturated carbocycles. The Kier molecular flexibility index (Phi) is 5.77. The normalized spacial score (nSPS) is 15.3. The Morgan fingerprint density at radius 1 is 1.26 bits per heavy atom. The van der Waals surface area contributed by atoms with Gasteiger partial charge in [-0.3, -0.25) is 4.68 Å². The molecule has 0 aliphatic heterocycles. The Morgan fingerprint density at radius 3 is 2.77 bits per heavy atom. The molecule has 0 radical (unpaired) electrons. The lowest BCUT2D eigenvalue weighted by atomic mass is 9.80. The highest BCUT2D eigenvalue weighted by atomic mass is 15.3. The average Bonchev–Trinajstić information content (AvgIpc) is 3.17. The van der Waals surface area contributed by atoms with Crippen LogP contribution in [0.1, 0.15) is 66.5 Å². The van der Waals surface area contributed by atoms with Crippen molar-refractivity contribution in [1.82, 2.24) is 9.78 Å². The van der Waals surface area contributed by atoms with E-state index in [1.54, 1.807) is 10.9 Å². The number of benzene rings is 2. The lowest BCUT2D eigenvalue weighted by Gasteiger charge is -2.30. The van der Waals surface area contributed by atoms with Gasteiger partial charge in [0.2, 0.25) is 0 Å². The quantitative estimate of drug-likeness (QED) is 0.457. The van der Waals surface area contributed by atoms with Crippen molar-refractivity contribution in [2.45, 2.75) is 45.1 Å². The number of nitrogens with one attached hydrogen (secondary N) is 3. The van der Waals surface area contributed by atoms with Crippen molar-refractivity contribution in [3.63, 3.8) is 0 Å². The van der Waals surface area contributed by atoms with Crippen molar-refractivity contribution in [1.29, 1.82) is 10.7 Å². The van der Waals surface area contributed by atoms with Gasteiger partial charge in [-0.2, -0.15) is 10.4 Å². The van der Waals surface area contributed by atoms with E-state index in [0.717, 1.165) is 47.5 Å². The van der Waals surface area contributed by atoms with Gasteiger partial charge in [0.15, 0.2) is 0 Å². The summed E-state index contributed by atoms with van der Waals surface area (Å²) in [6.07, 6.45) is 8.21. The maximum absolute atomic E-state index is 9.58. The summed E-state index contributed by atoms with van der Waals surface area (Å²) in [7, 11) is 1.88. The van der Waals surface area contributed by atoms with Crippen LogP contribution in [0, 0.1) is 16.7 Å². The fraction of sp³-hybridized carbons (Fsp3) is 0.320. The van der Waals surface area contributed by atoms with Gasteiger partial charge < -0.3 is 16.0 Å². The van der Waals surface area contributed by atoms with Gasteiger partial charge in [-0.1, -0.05) is 19.9 Å². The Balaban J connectivity index is 1.65. The van der Waals surface area contributed by atoms with Crippen LogP contribution in [0.2, 0.25) is 0 Å². The van der Waals surface area contributed by atoms with Crippen LogP contribution in [0.25, 0.3) is 0 Å². The molecule has 0 saturated heterocycles. The van der Waals surface area contributed by atoms with Crippen LogP contribution >= 0.6 is 0 Å². The molecule has 2 aromatic carbocycles. The monoisotopic (exact) mass is 412 g/mol. The first-order chi connectivity index (χ1) is 15.0. The Labute approximate surface area is 183 Å². The molecule has 0 fully saturated rings. The molecule has 1 heterocycles. The molecule has 31 heavy (non-hydrogen) atoms. The summed E-state index contributed by atoms with van der Waals surface area (Å²) >= 11 is 0. The zero-order valence-electron chi connectivity index (χ0n) is 18.2. The topological polar surface area (TPSA) is 89.5 Å². The summed E-state index contributed by atoms with van der Waals surface area (Å²) in [6.45, 7) is 4.33. The number of anilines is 3. The third-order valence-corrected chi connectivity index (χ3v) is 5.92. The molecule has 4 rings (SSSR count). The number of nitriles is 1. The lowest BCUT2D eigenvalue weighted by Crippen LogP contribution is -2.20. The van der Waals surface area contributed by atoms with Gasteiger partial charge in [0.1, 0.15) is 0 Å². The molecule has 0 unspecified atom stereocenters. The third kappa shape index (κ3) is 4.17. The van der Waals surface area contributed by atoms with Crippen LogP contribution in [0.15, 0.2) is 42.7 Å². The van der Waals surface area contributed by atoms with E-state index in [9.17, 15) is 5.26 Å². The van der Waals surface area contributed by atoms with Crippen LogP contribution in [0.5, 0.6) is 0 Å². The fourth-order valence-electron chi connectivity index (χ4n) is 4.56. The Hall–Kier alpha value is -3.59. The molecule has 3 aromatic rings. The summed E-state index contributed by atoms with van der Waals surface area (Å²) in [6, 6.07) is 12.7. The predicted octanol–water partition coefficient (Wildman–Crippen LogP) is 5.65. The van der Waals surface area contributed by atoms with Gasteiger partial charge in [-0.05, 0) is 66.1 Å². The van der Waals surface area contributed by atoms with E-state index in [-0.39, 0.29) is 6.04 Å². The molecule has 158 valence electrons. The van der Waals surface area contributed by atoms with Gasteiger partial charge in [-0.15, -0.1) is 0 Å². The van der Waals surface area contributed by atoms with E-state index in [1.807, 2.05) is 31.4 Å². The highest BCUT2D eigenvalue weighted by Gasteiger charge is 2.25. The predicted molar refractivity (Wildman–Crippen MR) is 125 cm³/mol. The number of aromatic nitrogens is 2. The first kappa shape index (κ1) is 20.7. The van der Waals surface area contributed by atoms with Gasteiger partial charge in [-0.25, -0.2) is 0 Å². The van der Waals surface area contributed by atoms with E-state index in [1.165, 1.54) is 22.9 Å². The van der Waals surface area contributed by atoms with Crippen molar-refractivity contribution in [2.24, 2.45) is 7.05 Å². The molecule has 1 atom stereocenters. The highest BCUT2D eigenvalue weighted by molar-refractivity contribution is 5.88. The van der Waals surface area contributed by atoms with Crippen LogP contribution < -0.4 is 10.6 Å². The maximum atomic E-state index is 9.58. The van der Waals surface area contributed by atoms with Crippen LogP contribution in [-0.4, -0.2) is 16.0 Å². The van der Waals surface area contributed by atoms with Gasteiger partial charge in [0.05, 0.1) is 29.6 Å². The molecular weight excluding hydrogens is 384 g/mol. The molecule has 6 heteroatoms. The number of hydrogen-bond donors (Lipinski definition) is 3. The molecule has 0 bridgehead atoms. The summed E-state index contributed by atoms with van der Waals surface area (Å²) in [5, 5.41) is 28.6. The third-order valence-electron chi connectivity index (χ3n) is 5.92. The summed E-state index contributed by atoms with van der Waals surface area (Å²) in [5.41, 5.74) is 8.21. The van der Waals surface area contributed by atoms with Gasteiger partial charge in [0.25, 0.3) is 0 Å². The van der Waals surface area contributed by atoms with E-state index < -0.39 is 0 Å². The Morgan fingerprint density at radius 2 is 2.10 bits per heavy atom. The van der Waals surface area contributed by atoms with Gasteiger partial charge in [0, 0.05) is 36.4 Å². The van der Waals surface area contributed by atoms with Crippen molar-refractivity contribution in [3.05, 3.63) is 70.5 Å². The fourth-order valence-corrected chi connectivity index (χ4v) is 4.56. The summed E-state index contributed by atoms with van der Waals surface area (Å²) in [4.78, 5) is 0. The number of aryl methyl sites for hydroxylation is 1. The number of fused-ring (bicyclic) bond motifs is 1. The second kappa shape index (κ2) is 8.65. The smallest absolute Gasteiger partial charge is 0.0994 e. The summed E-state index contributed by atoms with van der Waals surface area (Å²) < 4.78 is 1.75. The standard InChI is InChI=1S/C25H28N6/c1-16(2)25-18(13-27)8-10-21-22(25)5-4-6-23(21)29-19-9-7-17(12-26)24(11-19)30-20-14-28-31(3)15-20/h7-12,14-16,23,26,29-30H,4-6H2,1-3H3/t23-/m1/s1. The van der Waals surface area contributed by atoms with E-state index in [2.05, 4.69) is 47.8 Å². The molecule has 0 spiro atoms. The first-order valence-electron chi connectivity index (χ1n) is 10.7. The number of hydrogen-bond acceptors (Lipinski definition) is 5. The van der Waals surface area contributed by atoms with Crippen molar-refractivity contribution in [3.8, 4) is 6.07 Å². The van der Waals surface area contributed by atoms with E-state index >= 15 is 0 Å². The lowest BCUT2D eigenvalue weighted by molar-refractivity contribution is 0.592. The minimum atomic E-state index is 0.200. The molecule has 6 nitrogen and oxygen atoms in total. The van der Waals surface area contributed by atoms with Crippen LogP contribution in [0.4, 0.5) is 17.1 Å². The molecule has 1 aliphatic carbocycles. The van der Waals surface area contributed by atoms with Crippen molar-refractivity contribution >= 4 is 23.3 Å². The zero-order chi connectivity index (χ0) is 22.0. The summed E-state index contributed by atoms with van der Waals surface area (Å²) in [5.74, 6) is 0.325. The highest BCUT2D eigenvalue weighted by Crippen LogP contribution is 2.38. The minimum absolute atomic E-state index is 0.200. The van der Waals surface area contributed by atoms with Crippen molar-refractivity contribution < 1.29 is 0 Å². The second-order valence-corrected chi connectivity index (χ2v) is 8.42. The van der Waals surface area contributed by atoms with Crippen LogP contribution in [0.3, 0.4) is 0 Å². The molecule has 3 N–H and O–H groups in total.